The molecule has 1 aliphatic carbocycles. The zero-order chi connectivity index (χ0) is 20.2. The predicted octanol–water partition coefficient (Wildman–Crippen LogP) is 4.24. The van der Waals surface area contributed by atoms with Crippen molar-refractivity contribution in [1.82, 2.24) is 10.2 Å². The summed E-state index contributed by atoms with van der Waals surface area (Å²) >= 11 is 0. The van der Waals surface area contributed by atoms with Gasteiger partial charge in [0.25, 0.3) is 0 Å². The average Bonchev–Trinajstić information content (AvgIpc) is 2.59. The highest BCUT2D eigenvalue weighted by molar-refractivity contribution is 5.81. The summed E-state index contributed by atoms with van der Waals surface area (Å²) in [6.07, 6.45) is 3.25. The molecule has 1 fully saturated rings. The van der Waals surface area contributed by atoms with Gasteiger partial charge in [-0.15, -0.1) is 0 Å². The van der Waals surface area contributed by atoms with Crippen molar-refractivity contribution in [2.24, 2.45) is 5.92 Å². The van der Waals surface area contributed by atoms with E-state index in [1.807, 2.05) is 25.8 Å². The van der Waals surface area contributed by atoms with Crippen LogP contribution < -0.4 is 5.32 Å². The minimum atomic E-state index is -0.131. The Bertz CT molecular complexity index is 657. The number of nitrogens with one attached hydrogen (secondary N) is 1. The van der Waals surface area contributed by atoms with Gasteiger partial charge in [0.15, 0.2) is 0 Å². The second-order valence-corrected chi connectivity index (χ2v) is 8.91. The fourth-order valence-electron chi connectivity index (χ4n) is 3.67. The molecule has 2 amide bonds. The monoisotopic (exact) mass is 372 g/mol. The molecule has 2 rings (SSSR count). The number of hydrogen-bond acceptors (Lipinski definition) is 2. The maximum atomic E-state index is 12.8. The van der Waals surface area contributed by atoms with Crippen LogP contribution in [-0.2, 0) is 15.0 Å². The topological polar surface area (TPSA) is 49.4 Å². The highest BCUT2D eigenvalue weighted by atomic mass is 16.2. The highest BCUT2D eigenvalue weighted by Gasteiger charge is 2.36. The molecular weight excluding hydrogens is 336 g/mol. The normalized spacial score (nSPS) is 20.5. The van der Waals surface area contributed by atoms with Crippen molar-refractivity contribution in [3.8, 4) is 0 Å². The lowest BCUT2D eigenvalue weighted by Crippen LogP contribution is -2.48. The summed E-state index contributed by atoms with van der Waals surface area (Å²) in [5, 5.41) is 2.86. The molecule has 27 heavy (non-hydrogen) atoms. The van der Waals surface area contributed by atoms with Gasteiger partial charge in [-0.2, -0.15) is 0 Å². The van der Waals surface area contributed by atoms with Crippen molar-refractivity contribution < 1.29 is 9.59 Å². The summed E-state index contributed by atoms with van der Waals surface area (Å²) in [4.78, 5) is 26.2. The number of carbonyl (C=O) groups excluding carboxylic acids is 2. The van der Waals surface area contributed by atoms with Gasteiger partial charge in [0.05, 0.1) is 5.92 Å². The summed E-state index contributed by atoms with van der Waals surface area (Å²) < 4.78 is 0. The van der Waals surface area contributed by atoms with Crippen LogP contribution >= 0.6 is 0 Å². The maximum absolute atomic E-state index is 12.8. The fourth-order valence-corrected chi connectivity index (χ4v) is 3.67. The third-order valence-electron chi connectivity index (χ3n) is 5.94. The molecular formula is C23H36N2O2. The molecule has 1 unspecified atom stereocenters. The SMILES string of the molecule is CCC(=O)NCC(CC)C(=O)N(C)C1CC(c2cccc(C(C)(C)C)c2)C1. The highest BCUT2D eigenvalue weighted by Crippen LogP contribution is 2.40. The second-order valence-electron chi connectivity index (χ2n) is 8.91. The molecule has 0 saturated heterocycles. The number of benzene rings is 1. The predicted molar refractivity (Wildman–Crippen MR) is 111 cm³/mol. The Morgan fingerprint density at radius 1 is 1.22 bits per heavy atom. The zero-order valence-corrected chi connectivity index (χ0v) is 17.8. The second kappa shape index (κ2) is 8.90. The van der Waals surface area contributed by atoms with Gasteiger partial charge in [0.2, 0.25) is 11.8 Å². The first kappa shape index (κ1) is 21.5. The number of carbonyl (C=O) groups is 2. The lowest BCUT2D eigenvalue weighted by Gasteiger charge is -2.43. The van der Waals surface area contributed by atoms with Crippen LogP contribution in [0.25, 0.3) is 0 Å². The zero-order valence-electron chi connectivity index (χ0n) is 17.8. The number of hydrogen-bond donors (Lipinski definition) is 1. The lowest BCUT2D eigenvalue weighted by molar-refractivity contribution is -0.138. The first-order valence-corrected chi connectivity index (χ1v) is 10.3. The van der Waals surface area contributed by atoms with E-state index in [0.717, 1.165) is 19.3 Å². The Morgan fingerprint density at radius 3 is 2.44 bits per heavy atom. The molecule has 0 radical (unpaired) electrons. The summed E-state index contributed by atoms with van der Waals surface area (Å²) in [6, 6.07) is 9.20. The number of rotatable bonds is 7. The molecule has 150 valence electrons. The fraction of sp³-hybridized carbons (Fsp3) is 0.652. The molecule has 1 aromatic rings. The Kier molecular flexibility index (Phi) is 7.07. The Morgan fingerprint density at radius 2 is 1.89 bits per heavy atom. The van der Waals surface area contributed by atoms with Crippen molar-refractivity contribution in [1.29, 1.82) is 0 Å². The van der Waals surface area contributed by atoms with Crippen LogP contribution in [0.5, 0.6) is 0 Å². The van der Waals surface area contributed by atoms with Gasteiger partial charge in [0, 0.05) is 26.1 Å². The molecule has 0 aromatic heterocycles. The smallest absolute Gasteiger partial charge is 0.227 e. The van der Waals surface area contributed by atoms with Crippen molar-refractivity contribution in [2.45, 2.75) is 77.7 Å². The lowest BCUT2D eigenvalue weighted by atomic mass is 9.73. The van der Waals surface area contributed by atoms with Crippen LogP contribution in [0, 0.1) is 5.92 Å². The van der Waals surface area contributed by atoms with E-state index >= 15 is 0 Å². The van der Waals surface area contributed by atoms with E-state index in [2.05, 4.69) is 50.4 Å². The van der Waals surface area contributed by atoms with Crippen molar-refractivity contribution >= 4 is 11.8 Å². The van der Waals surface area contributed by atoms with Gasteiger partial charge in [-0.05, 0) is 41.7 Å². The first-order valence-electron chi connectivity index (χ1n) is 10.3. The number of nitrogens with zero attached hydrogens (tertiary/aromatic N) is 1. The molecule has 0 aliphatic heterocycles. The van der Waals surface area contributed by atoms with Gasteiger partial charge in [-0.3, -0.25) is 9.59 Å². The molecule has 1 aromatic carbocycles. The van der Waals surface area contributed by atoms with Crippen LogP contribution in [0.15, 0.2) is 24.3 Å². The quantitative estimate of drug-likeness (QED) is 0.778. The third-order valence-corrected chi connectivity index (χ3v) is 5.94. The van der Waals surface area contributed by atoms with E-state index in [9.17, 15) is 9.59 Å². The Labute approximate surface area is 164 Å². The van der Waals surface area contributed by atoms with E-state index < -0.39 is 0 Å². The standard InChI is InChI=1S/C23H36N2O2/c1-7-16(15-24-21(26)8-2)22(27)25(6)20-13-18(14-20)17-10-9-11-19(12-17)23(3,4)5/h9-12,16,18,20H,7-8,13-15H2,1-6H3,(H,24,26). The van der Waals surface area contributed by atoms with Gasteiger partial charge >= 0.3 is 0 Å². The molecule has 0 spiro atoms. The van der Waals surface area contributed by atoms with Crippen LogP contribution in [0.3, 0.4) is 0 Å². The van der Waals surface area contributed by atoms with Gasteiger partial charge in [0.1, 0.15) is 0 Å². The summed E-state index contributed by atoms with van der Waals surface area (Å²) in [6.45, 7) is 11.0. The maximum Gasteiger partial charge on any atom is 0.227 e. The van der Waals surface area contributed by atoms with E-state index in [-0.39, 0.29) is 23.1 Å². The summed E-state index contributed by atoms with van der Waals surface area (Å²) in [5.74, 6) is 0.563. The Hall–Kier alpha value is -1.84. The van der Waals surface area contributed by atoms with Crippen LogP contribution in [0.4, 0.5) is 0 Å². The molecule has 4 nitrogen and oxygen atoms in total. The van der Waals surface area contributed by atoms with Crippen LogP contribution in [0.2, 0.25) is 0 Å². The van der Waals surface area contributed by atoms with Gasteiger partial charge < -0.3 is 10.2 Å². The van der Waals surface area contributed by atoms with Crippen LogP contribution in [-0.4, -0.2) is 36.3 Å². The van der Waals surface area contributed by atoms with Gasteiger partial charge in [-0.25, -0.2) is 0 Å². The molecule has 0 bridgehead atoms. The molecule has 1 aliphatic rings. The van der Waals surface area contributed by atoms with Crippen molar-refractivity contribution in [2.75, 3.05) is 13.6 Å². The summed E-state index contributed by atoms with van der Waals surface area (Å²) in [7, 11) is 1.92. The summed E-state index contributed by atoms with van der Waals surface area (Å²) in [5.41, 5.74) is 2.91. The first-order chi connectivity index (χ1) is 12.7. The minimum Gasteiger partial charge on any atom is -0.355 e. The molecule has 1 atom stereocenters. The molecule has 4 heteroatoms. The number of amides is 2. The van der Waals surface area contributed by atoms with E-state index in [4.69, 9.17) is 0 Å². The Balaban J connectivity index is 1.92. The van der Waals surface area contributed by atoms with E-state index in [1.165, 1.54) is 11.1 Å². The molecule has 0 heterocycles. The average molecular weight is 373 g/mol. The van der Waals surface area contributed by atoms with Gasteiger partial charge in [-0.1, -0.05) is 58.9 Å². The largest absolute Gasteiger partial charge is 0.355 e. The van der Waals surface area contributed by atoms with Crippen LogP contribution in [0.1, 0.15) is 77.3 Å². The minimum absolute atomic E-state index is 0.00587. The molecule has 1 N–H and O–H groups in total. The van der Waals surface area contributed by atoms with Crippen molar-refractivity contribution in [3.63, 3.8) is 0 Å². The van der Waals surface area contributed by atoms with E-state index in [0.29, 0.717) is 24.9 Å². The third kappa shape index (κ3) is 5.33. The van der Waals surface area contributed by atoms with Crippen molar-refractivity contribution in [3.05, 3.63) is 35.4 Å². The molecule has 1 saturated carbocycles. The van der Waals surface area contributed by atoms with E-state index in [1.54, 1.807) is 0 Å².